The van der Waals surface area contributed by atoms with E-state index in [0.717, 1.165) is 42.3 Å². The topological polar surface area (TPSA) is 89.4 Å². The molecule has 180 valence electrons. The van der Waals surface area contributed by atoms with Gasteiger partial charge in [0.15, 0.2) is 0 Å². The van der Waals surface area contributed by atoms with Crippen molar-refractivity contribution in [3.63, 3.8) is 0 Å². The normalized spacial score (nSPS) is 15.3. The maximum Gasteiger partial charge on any atom is 0.247 e. The number of nitrogens with one attached hydrogen (secondary N) is 1. The molecule has 0 aliphatic heterocycles. The van der Waals surface area contributed by atoms with Crippen LogP contribution in [-0.4, -0.2) is 50.4 Å². The van der Waals surface area contributed by atoms with Crippen molar-refractivity contribution < 1.29 is 14.3 Å². The Morgan fingerprint density at radius 1 is 1.15 bits per heavy atom. The second-order valence-electron chi connectivity index (χ2n) is 9.89. The predicted octanol–water partition coefficient (Wildman–Crippen LogP) is 3.87. The zero-order valence-electron chi connectivity index (χ0n) is 20.3. The SMILES string of the molecule is COc1cccc([C@@H](C(=O)NC(C)(C)C)N(C(=O)Cn2nnc3ccccc32)C2CCCC2)c1. The molecule has 4 rings (SSSR count). The Hall–Kier alpha value is -3.42. The van der Waals surface area contributed by atoms with Crippen molar-refractivity contribution >= 4 is 22.8 Å². The van der Waals surface area contributed by atoms with Crippen molar-refractivity contribution in [3.8, 4) is 5.75 Å². The fraction of sp³-hybridized carbons (Fsp3) is 0.462. The maximum absolute atomic E-state index is 13.9. The lowest BCUT2D eigenvalue weighted by molar-refractivity contribution is -0.144. The molecule has 2 aromatic carbocycles. The van der Waals surface area contributed by atoms with Gasteiger partial charge in [0.25, 0.3) is 0 Å². The molecule has 0 bridgehead atoms. The number of ether oxygens (including phenoxy) is 1. The van der Waals surface area contributed by atoms with Crippen LogP contribution >= 0.6 is 0 Å². The molecule has 1 saturated carbocycles. The molecule has 1 aliphatic carbocycles. The van der Waals surface area contributed by atoms with Crippen molar-refractivity contribution in [2.45, 2.75) is 70.6 Å². The molecule has 1 atom stereocenters. The third-order valence-corrected chi connectivity index (χ3v) is 6.15. The number of fused-ring (bicyclic) bond motifs is 1. The van der Waals surface area contributed by atoms with E-state index < -0.39 is 11.6 Å². The van der Waals surface area contributed by atoms with Gasteiger partial charge in [-0.05, 0) is 63.4 Å². The first kappa shape index (κ1) is 23.7. The maximum atomic E-state index is 13.9. The summed E-state index contributed by atoms with van der Waals surface area (Å²) in [6.07, 6.45) is 3.80. The monoisotopic (exact) mass is 463 g/mol. The van der Waals surface area contributed by atoms with E-state index in [1.807, 2.05) is 69.3 Å². The fourth-order valence-electron chi connectivity index (χ4n) is 4.67. The van der Waals surface area contributed by atoms with Crippen LogP contribution in [0, 0.1) is 0 Å². The molecule has 0 unspecified atom stereocenters. The minimum atomic E-state index is -0.778. The molecular weight excluding hydrogens is 430 g/mol. The Labute approximate surface area is 200 Å². The second-order valence-corrected chi connectivity index (χ2v) is 9.89. The molecule has 1 fully saturated rings. The number of carbonyl (C=O) groups excluding carboxylic acids is 2. The van der Waals surface area contributed by atoms with Gasteiger partial charge >= 0.3 is 0 Å². The zero-order valence-corrected chi connectivity index (χ0v) is 20.3. The minimum Gasteiger partial charge on any atom is -0.497 e. The van der Waals surface area contributed by atoms with Gasteiger partial charge in [0.05, 0.1) is 12.6 Å². The van der Waals surface area contributed by atoms with Gasteiger partial charge in [0.1, 0.15) is 23.9 Å². The van der Waals surface area contributed by atoms with E-state index in [1.165, 1.54) is 0 Å². The highest BCUT2D eigenvalue weighted by Crippen LogP contribution is 2.33. The number of amides is 2. The zero-order chi connectivity index (χ0) is 24.3. The Kier molecular flexibility index (Phi) is 6.86. The van der Waals surface area contributed by atoms with Crippen LogP contribution in [0.2, 0.25) is 0 Å². The summed E-state index contributed by atoms with van der Waals surface area (Å²) in [5.41, 5.74) is 1.81. The number of aromatic nitrogens is 3. The number of nitrogens with zero attached hydrogens (tertiary/aromatic N) is 4. The van der Waals surface area contributed by atoms with Crippen LogP contribution in [0.25, 0.3) is 11.0 Å². The number of para-hydroxylation sites is 1. The van der Waals surface area contributed by atoms with Crippen molar-refractivity contribution in [2.75, 3.05) is 7.11 Å². The van der Waals surface area contributed by atoms with Crippen LogP contribution in [0.4, 0.5) is 0 Å². The first-order valence-corrected chi connectivity index (χ1v) is 11.8. The highest BCUT2D eigenvalue weighted by molar-refractivity contribution is 5.90. The van der Waals surface area contributed by atoms with Crippen LogP contribution in [0.3, 0.4) is 0 Å². The van der Waals surface area contributed by atoms with E-state index in [-0.39, 0.29) is 24.4 Å². The van der Waals surface area contributed by atoms with Gasteiger partial charge in [-0.1, -0.05) is 42.3 Å². The van der Waals surface area contributed by atoms with Gasteiger partial charge in [-0.3, -0.25) is 9.59 Å². The van der Waals surface area contributed by atoms with E-state index in [9.17, 15) is 9.59 Å². The molecule has 1 heterocycles. The van der Waals surface area contributed by atoms with E-state index in [2.05, 4.69) is 15.6 Å². The lowest BCUT2D eigenvalue weighted by Gasteiger charge is -2.37. The van der Waals surface area contributed by atoms with Gasteiger partial charge in [-0.2, -0.15) is 0 Å². The van der Waals surface area contributed by atoms with Crippen LogP contribution in [0.15, 0.2) is 48.5 Å². The summed E-state index contributed by atoms with van der Waals surface area (Å²) in [4.78, 5) is 29.4. The summed E-state index contributed by atoms with van der Waals surface area (Å²) < 4.78 is 7.04. The number of methoxy groups -OCH3 is 1. The van der Waals surface area contributed by atoms with E-state index in [1.54, 1.807) is 16.7 Å². The molecule has 0 radical (unpaired) electrons. The first-order valence-electron chi connectivity index (χ1n) is 11.8. The highest BCUT2D eigenvalue weighted by Gasteiger charge is 2.39. The number of benzene rings is 2. The standard InChI is InChI=1S/C26H33N5O3/c1-26(2,3)27-25(33)24(18-10-9-13-20(16-18)34-4)31(19-11-5-6-12-19)23(32)17-30-22-15-8-7-14-21(22)28-29-30/h7-10,13-16,19,24H,5-6,11-12,17H2,1-4H3,(H,27,33)/t24-/m0/s1. The van der Waals surface area contributed by atoms with Crippen LogP contribution < -0.4 is 10.1 Å². The Bertz CT molecular complexity index is 1160. The quantitative estimate of drug-likeness (QED) is 0.575. The molecule has 1 aliphatic rings. The van der Waals surface area contributed by atoms with E-state index >= 15 is 0 Å². The fourth-order valence-corrected chi connectivity index (χ4v) is 4.67. The third-order valence-electron chi connectivity index (χ3n) is 6.15. The lowest BCUT2D eigenvalue weighted by Crippen LogP contribution is -2.52. The van der Waals surface area contributed by atoms with Gasteiger partial charge in [-0.25, -0.2) is 4.68 Å². The highest BCUT2D eigenvalue weighted by atomic mass is 16.5. The summed E-state index contributed by atoms with van der Waals surface area (Å²) >= 11 is 0. The number of rotatable bonds is 7. The summed E-state index contributed by atoms with van der Waals surface area (Å²) in [6, 6.07) is 14.2. The van der Waals surface area contributed by atoms with Crippen molar-refractivity contribution in [3.05, 3.63) is 54.1 Å². The number of hydrogen-bond donors (Lipinski definition) is 1. The summed E-state index contributed by atoms with van der Waals surface area (Å²) in [5.74, 6) is 0.288. The molecular formula is C26H33N5O3. The molecule has 1 aromatic heterocycles. The Morgan fingerprint density at radius 2 is 1.88 bits per heavy atom. The average molecular weight is 464 g/mol. The van der Waals surface area contributed by atoms with Crippen molar-refractivity contribution in [2.24, 2.45) is 0 Å². The van der Waals surface area contributed by atoms with Gasteiger partial charge < -0.3 is 15.0 Å². The predicted molar refractivity (Wildman–Crippen MR) is 130 cm³/mol. The molecule has 3 aromatic rings. The van der Waals surface area contributed by atoms with Crippen LogP contribution in [-0.2, 0) is 16.1 Å². The van der Waals surface area contributed by atoms with Crippen LogP contribution in [0.1, 0.15) is 58.1 Å². The second kappa shape index (κ2) is 9.83. The van der Waals surface area contributed by atoms with Gasteiger partial charge in [0, 0.05) is 11.6 Å². The summed E-state index contributed by atoms with van der Waals surface area (Å²) in [7, 11) is 1.60. The third kappa shape index (κ3) is 5.21. The Balaban J connectivity index is 1.75. The average Bonchev–Trinajstić information content (AvgIpc) is 3.46. The van der Waals surface area contributed by atoms with E-state index in [0.29, 0.717) is 5.75 Å². The molecule has 8 nitrogen and oxygen atoms in total. The largest absolute Gasteiger partial charge is 0.497 e. The van der Waals surface area contributed by atoms with Crippen LogP contribution in [0.5, 0.6) is 5.75 Å². The summed E-state index contributed by atoms with van der Waals surface area (Å²) in [6.45, 7) is 5.84. The molecule has 34 heavy (non-hydrogen) atoms. The molecule has 0 saturated heterocycles. The van der Waals surface area contributed by atoms with Crippen molar-refractivity contribution in [1.82, 2.24) is 25.2 Å². The lowest BCUT2D eigenvalue weighted by atomic mass is 9.99. The van der Waals surface area contributed by atoms with E-state index in [4.69, 9.17) is 4.74 Å². The number of hydrogen-bond acceptors (Lipinski definition) is 5. The summed E-state index contributed by atoms with van der Waals surface area (Å²) in [5, 5.41) is 11.5. The molecule has 2 amide bonds. The molecule has 1 N–H and O–H groups in total. The molecule has 8 heteroatoms. The van der Waals surface area contributed by atoms with Gasteiger partial charge in [0.2, 0.25) is 11.8 Å². The Morgan fingerprint density at radius 3 is 2.59 bits per heavy atom. The number of carbonyl (C=O) groups is 2. The molecule has 0 spiro atoms. The minimum absolute atomic E-state index is 0.0142. The van der Waals surface area contributed by atoms with Gasteiger partial charge in [-0.15, -0.1) is 5.10 Å². The van der Waals surface area contributed by atoms with Crippen molar-refractivity contribution in [1.29, 1.82) is 0 Å². The first-order chi connectivity index (χ1) is 16.3. The smallest absolute Gasteiger partial charge is 0.247 e.